The molecule has 0 bridgehead atoms. The van der Waals surface area contributed by atoms with Gasteiger partial charge in [0.25, 0.3) is 5.91 Å². The standard InChI is InChI=1S/C17H24N6O/c1-12(2)21-5-7-22(8-6-21)14-10-23(11-14)17(24)13-3-4-15-16(9-13)19-20-18-15/h3-4,9,12,14H,5-8,10-11H2,1-2H3,(H,18,19,20). The van der Waals surface area contributed by atoms with E-state index in [2.05, 4.69) is 39.1 Å². The summed E-state index contributed by atoms with van der Waals surface area (Å²) < 4.78 is 0. The maximum Gasteiger partial charge on any atom is 0.254 e. The lowest BCUT2D eigenvalue weighted by molar-refractivity contribution is 0.00318. The largest absolute Gasteiger partial charge is 0.335 e. The van der Waals surface area contributed by atoms with Crippen LogP contribution in [0, 0.1) is 0 Å². The zero-order valence-corrected chi connectivity index (χ0v) is 14.3. The molecule has 1 N–H and O–H groups in total. The molecule has 2 aromatic rings. The average Bonchev–Trinajstić information content (AvgIpc) is 3.01. The molecule has 0 spiro atoms. The van der Waals surface area contributed by atoms with Gasteiger partial charge in [-0.3, -0.25) is 14.6 Å². The maximum atomic E-state index is 12.6. The van der Waals surface area contributed by atoms with Gasteiger partial charge in [0.2, 0.25) is 0 Å². The lowest BCUT2D eigenvalue weighted by Crippen LogP contribution is -2.64. The Morgan fingerprint density at radius 3 is 2.54 bits per heavy atom. The van der Waals surface area contributed by atoms with Gasteiger partial charge in [-0.1, -0.05) is 0 Å². The molecule has 128 valence electrons. The Morgan fingerprint density at radius 1 is 1.12 bits per heavy atom. The first kappa shape index (κ1) is 15.5. The van der Waals surface area contributed by atoms with E-state index in [1.165, 1.54) is 0 Å². The molecule has 0 atom stereocenters. The van der Waals surface area contributed by atoms with Gasteiger partial charge in [0.05, 0.1) is 0 Å². The van der Waals surface area contributed by atoms with E-state index in [1.54, 1.807) is 0 Å². The Morgan fingerprint density at radius 2 is 1.83 bits per heavy atom. The van der Waals surface area contributed by atoms with Gasteiger partial charge in [0, 0.05) is 56.9 Å². The Hall–Kier alpha value is -1.99. The molecule has 0 radical (unpaired) electrons. The SMILES string of the molecule is CC(C)N1CCN(C2CN(C(=O)c3ccc4n[nH]nc4c3)C2)CC1. The normalized spacial score (nSPS) is 20.7. The summed E-state index contributed by atoms with van der Waals surface area (Å²) in [5.74, 6) is 0.0944. The number of nitrogens with one attached hydrogen (secondary N) is 1. The minimum Gasteiger partial charge on any atom is -0.335 e. The van der Waals surface area contributed by atoms with Crippen LogP contribution in [0.1, 0.15) is 24.2 Å². The average molecular weight is 328 g/mol. The van der Waals surface area contributed by atoms with Crippen LogP contribution in [0.4, 0.5) is 0 Å². The number of carbonyl (C=O) groups is 1. The molecule has 0 aliphatic carbocycles. The number of rotatable bonds is 3. The Bertz CT molecular complexity index is 728. The highest BCUT2D eigenvalue weighted by Crippen LogP contribution is 2.21. The topological polar surface area (TPSA) is 68.4 Å². The molecule has 7 heteroatoms. The van der Waals surface area contributed by atoms with Crippen LogP contribution in [0.3, 0.4) is 0 Å². The highest BCUT2D eigenvalue weighted by molar-refractivity contribution is 5.97. The fraction of sp³-hybridized carbons (Fsp3) is 0.588. The molecular formula is C17H24N6O. The van der Waals surface area contributed by atoms with Crippen LogP contribution in [0.25, 0.3) is 11.0 Å². The molecule has 2 aliphatic rings. The number of carbonyl (C=O) groups excluding carboxylic acids is 1. The van der Waals surface area contributed by atoms with Crippen molar-refractivity contribution in [3.8, 4) is 0 Å². The van der Waals surface area contributed by atoms with E-state index in [0.29, 0.717) is 17.6 Å². The number of piperazine rings is 1. The Kier molecular flexibility index (Phi) is 3.97. The molecule has 3 heterocycles. The summed E-state index contributed by atoms with van der Waals surface area (Å²) in [5, 5.41) is 10.7. The van der Waals surface area contributed by atoms with Crippen molar-refractivity contribution in [3.05, 3.63) is 23.8 Å². The van der Waals surface area contributed by atoms with Crippen LogP contribution >= 0.6 is 0 Å². The quantitative estimate of drug-likeness (QED) is 0.903. The van der Waals surface area contributed by atoms with Gasteiger partial charge in [-0.05, 0) is 32.0 Å². The monoisotopic (exact) mass is 328 g/mol. The van der Waals surface area contributed by atoms with Crippen LogP contribution in [-0.4, -0.2) is 87.4 Å². The lowest BCUT2D eigenvalue weighted by atomic mass is 10.0. The van der Waals surface area contributed by atoms with Crippen molar-refractivity contribution < 1.29 is 4.79 Å². The highest BCUT2D eigenvalue weighted by atomic mass is 16.2. The number of nitrogens with zero attached hydrogens (tertiary/aromatic N) is 5. The van der Waals surface area contributed by atoms with Crippen molar-refractivity contribution in [2.45, 2.75) is 25.9 Å². The number of hydrogen-bond donors (Lipinski definition) is 1. The molecule has 0 saturated carbocycles. The predicted octanol–water partition coefficient (Wildman–Crippen LogP) is 0.808. The van der Waals surface area contributed by atoms with E-state index in [4.69, 9.17) is 0 Å². The van der Waals surface area contributed by atoms with E-state index in [1.807, 2.05) is 23.1 Å². The van der Waals surface area contributed by atoms with E-state index in [9.17, 15) is 4.79 Å². The van der Waals surface area contributed by atoms with Gasteiger partial charge in [-0.25, -0.2) is 0 Å². The summed E-state index contributed by atoms with van der Waals surface area (Å²) in [5.41, 5.74) is 2.22. The second-order valence-corrected chi connectivity index (χ2v) is 7.06. The number of benzene rings is 1. The van der Waals surface area contributed by atoms with Crippen molar-refractivity contribution in [3.63, 3.8) is 0 Å². The first-order valence-electron chi connectivity index (χ1n) is 8.70. The third-order valence-corrected chi connectivity index (χ3v) is 5.31. The Labute approximate surface area is 141 Å². The number of amides is 1. The molecule has 7 nitrogen and oxygen atoms in total. The first-order chi connectivity index (χ1) is 11.6. The van der Waals surface area contributed by atoms with Crippen molar-refractivity contribution in [2.24, 2.45) is 0 Å². The zero-order valence-electron chi connectivity index (χ0n) is 14.3. The van der Waals surface area contributed by atoms with Crippen LogP contribution < -0.4 is 0 Å². The van der Waals surface area contributed by atoms with Crippen LogP contribution in [0.15, 0.2) is 18.2 Å². The highest BCUT2D eigenvalue weighted by Gasteiger charge is 2.36. The van der Waals surface area contributed by atoms with E-state index in [-0.39, 0.29) is 5.91 Å². The molecule has 1 amide bonds. The number of fused-ring (bicyclic) bond motifs is 1. The third-order valence-electron chi connectivity index (χ3n) is 5.31. The van der Waals surface area contributed by atoms with E-state index < -0.39 is 0 Å². The van der Waals surface area contributed by atoms with Gasteiger partial charge in [-0.2, -0.15) is 15.4 Å². The van der Waals surface area contributed by atoms with Gasteiger partial charge < -0.3 is 4.90 Å². The number of aromatic amines is 1. The van der Waals surface area contributed by atoms with E-state index >= 15 is 0 Å². The minimum atomic E-state index is 0.0944. The molecule has 2 aliphatic heterocycles. The first-order valence-corrected chi connectivity index (χ1v) is 8.70. The smallest absolute Gasteiger partial charge is 0.254 e. The summed E-state index contributed by atoms with van der Waals surface area (Å²) in [6.07, 6.45) is 0. The van der Waals surface area contributed by atoms with Crippen molar-refractivity contribution in [2.75, 3.05) is 39.3 Å². The summed E-state index contributed by atoms with van der Waals surface area (Å²) >= 11 is 0. The molecule has 2 fully saturated rings. The third kappa shape index (κ3) is 2.78. The fourth-order valence-corrected chi connectivity index (χ4v) is 3.63. The lowest BCUT2D eigenvalue weighted by Gasteiger charge is -2.48. The summed E-state index contributed by atoms with van der Waals surface area (Å²) in [6.45, 7) is 10.6. The molecular weight excluding hydrogens is 304 g/mol. The van der Waals surface area contributed by atoms with Crippen LogP contribution in [0.2, 0.25) is 0 Å². The minimum absolute atomic E-state index is 0.0944. The van der Waals surface area contributed by atoms with Gasteiger partial charge in [0.15, 0.2) is 0 Å². The molecule has 2 saturated heterocycles. The summed E-state index contributed by atoms with van der Waals surface area (Å²) in [6, 6.07) is 6.63. The second-order valence-electron chi connectivity index (χ2n) is 7.06. The molecule has 1 aromatic heterocycles. The van der Waals surface area contributed by atoms with Gasteiger partial charge in [0.1, 0.15) is 11.0 Å². The predicted molar refractivity (Wildman–Crippen MR) is 91.9 cm³/mol. The van der Waals surface area contributed by atoms with Gasteiger partial charge >= 0.3 is 0 Å². The molecule has 24 heavy (non-hydrogen) atoms. The van der Waals surface area contributed by atoms with Crippen LogP contribution in [-0.2, 0) is 0 Å². The van der Waals surface area contributed by atoms with Crippen molar-refractivity contribution in [1.82, 2.24) is 30.1 Å². The fourth-order valence-electron chi connectivity index (χ4n) is 3.63. The Balaban J connectivity index is 1.33. The van der Waals surface area contributed by atoms with Crippen molar-refractivity contribution >= 4 is 16.9 Å². The molecule has 4 rings (SSSR count). The number of hydrogen-bond acceptors (Lipinski definition) is 5. The molecule has 0 unspecified atom stereocenters. The summed E-state index contributed by atoms with van der Waals surface area (Å²) in [7, 11) is 0. The van der Waals surface area contributed by atoms with E-state index in [0.717, 1.165) is 50.3 Å². The number of H-pyrrole nitrogens is 1. The summed E-state index contributed by atoms with van der Waals surface area (Å²) in [4.78, 5) is 19.6. The zero-order chi connectivity index (χ0) is 16.7. The maximum absolute atomic E-state index is 12.6. The number of likely N-dealkylation sites (tertiary alicyclic amines) is 1. The van der Waals surface area contributed by atoms with Crippen LogP contribution in [0.5, 0.6) is 0 Å². The molecule has 1 aromatic carbocycles. The van der Waals surface area contributed by atoms with Crippen molar-refractivity contribution in [1.29, 1.82) is 0 Å². The van der Waals surface area contributed by atoms with Gasteiger partial charge in [-0.15, -0.1) is 0 Å². The second kappa shape index (κ2) is 6.14. The number of aromatic nitrogens is 3.